The van der Waals surface area contributed by atoms with E-state index in [1.807, 2.05) is 60.7 Å². The van der Waals surface area contributed by atoms with Gasteiger partial charge in [-0.25, -0.2) is 4.98 Å². The smallest absolute Gasteiger partial charge is 0.124 e. The van der Waals surface area contributed by atoms with Crippen LogP contribution < -0.4 is 4.74 Å². The molecule has 0 aliphatic rings. The summed E-state index contributed by atoms with van der Waals surface area (Å²) in [5.74, 6) is 0.776. The minimum Gasteiger partial charge on any atom is -0.489 e. The highest BCUT2D eigenvalue weighted by Crippen LogP contribution is 2.31. The monoisotopic (exact) mass is 342 g/mol. The van der Waals surface area contributed by atoms with Gasteiger partial charge in [0.2, 0.25) is 0 Å². The quantitative estimate of drug-likeness (QED) is 0.498. The number of ether oxygens (including phenoxy) is 1. The Kier molecular flexibility index (Phi) is 4.16. The number of fused-ring (bicyclic) bond motifs is 1. The van der Waals surface area contributed by atoms with Crippen LogP contribution in [0.25, 0.3) is 20.8 Å². The molecule has 0 fully saturated rings. The highest BCUT2D eigenvalue weighted by atomic mass is 32.1. The average molecular weight is 342 g/mol. The van der Waals surface area contributed by atoms with E-state index in [4.69, 9.17) is 10.00 Å². The van der Waals surface area contributed by atoms with Crippen LogP contribution >= 0.6 is 11.3 Å². The molecule has 4 rings (SSSR count). The molecule has 4 heteroatoms. The molecule has 0 aliphatic heterocycles. The molecule has 0 radical (unpaired) electrons. The lowest BCUT2D eigenvalue weighted by molar-refractivity contribution is 0.306. The molecule has 0 saturated heterocycles. The highest BCUT2D eigenvalue weighted by molar-refractivity contribution is 7.21. The first-order valence-electron chi connectivity index (χ1n) is 7.90. The first kappa shape index (κ1) is 15.4. The summed E-state index contributed by atoms with van der Waals surface area (Å²) in [5.41, 5.74) is 3.63. The van der Waals surface area contributed by atoms with Crippen molar-refractivity contribution in [3.05, 3.63) is 83.9 Å². The molecule has 120 valence electrons. The summed E-state index contributed by atoms with van der Waals surface area (Å²) in [5, 5.41) is 10.1. The zero-order chi connectivity index (χ0) is 17.1. The average Bonchev–Trinajstić information content (AvgIpc) is 3.11. The predicted octanol–water partition coefficient (Wildman–Crippen LogP) is 5.41. The van der Waals surface area contributed by atoms with Crippen molar-refractivity contribution in [3.63, 3.8) is 0 Å². The largest absolute Gasteiger partial charge is 0.489 e. The Hall–Kier alpha value is -3.16. The molecule has 0 atom stereocenters. The van der Waals surface area contributed by atoms with E-state index < -0.39 is 0 Å². The second kappa shape index (κ2) is 6.76. The van der Waals surface area contributed by atoms with Gasteiger partial charge in [0.25, 0.3) is 0 Å². The Morgan fingerprint density at radius 2 is 1.68 bits per heavy atom. The molecule has 1 heterocycles. The van der Waals surface area contributed by atoms with Gasteiger partial charge in [0.05, 0.1) is 21.8 Å². The van der Waals surface area contributed by atoms with Crippen LogP contribution in [0.2, 0.25) is 0 Å². The summed E-state index contributed by atoms with van der Waals surface area (Å²) in [4.78, 5) is 4.67. The molecule has 0 amide bonds. The normalized spacial score (nSPS) is 10.5. The molecular weight excluding hydrogens is 328 g/mol. The van der Waals surface area contributed by atoms with Crippen molar-refractivity contribution < 1.29 is 4.74 Å². The number of nitriles is 1. The summed E-state index contributed by atoms with van der Waals surface area (Å²) >= 11 is 1.68. The van der Waals surface area contributed by atoms with Crippen molar-refractivity contribution in [2.75, 3.05) is 0 Å². The third-order valence-electron chi connectivity index (χ3n) is 3.93. The van der Waals surface area contributed by atoms with Crippen LogP contribution in [-0.2, 0) is 6.61 Å². The minimum absolute atomic E-state index is 0.379. The van der Waals surface area contributed by atoms with Crippen LogP contribution in [0.5, 0.6) is 5.75 Å². The summed E-state index contributed by atoms with van der Waals surface area (Å²) in [6.07, 6.45) is 0. The Morgan fingerprint density at radius 1 is 0.920 bits per heavy atom. The summed E-state index contributed by atoms with van der Waals surface area (Å²) in [6.45, 7) is 0.379. The second-order valence-corrected chi connectivity index (χ2v) is 6.60. The Labute approximate surface area is 149 Å². The SMILES string of the molecule is N#Cc1ccccc1COc1ccc(-c2nc3ccccc3s2)cc1. The standard InChI is InChI=1S/C21H14N2OS/c22-13-16-5-1-2-6-17(16)14-24-18-11-9-15(10-12-18)21-23-19-7-3-4-8-20(19)25-21/h1-12H,14H2. The zero-order valence-corrected chi connectivity index (χ0v) is 14.2. The first-order valence-corrected chi connectivity index (χ1v) is 8.72. The van der Waals surface area contributed by atoms with Gasteiger partial charge in [-0.3, -0.25) is 0 Å². The molecule has 25 heavy (non-hydrogen) atoms. The van der Waals surface area contributed by atoms with Gasteiger partial charge < -0.3 is 4.74 Å². The van der Waals surface area contributed by atoms with E-state index in [9.17, 15) is 0 Å². The Balaban J connectivity index is 1.51. The second-order valence-electron chi connectivity index (χ2n) is 5.57. The number of thiazole rings is 1. The Morgan fingerprint density at radius 3 is 2.48 bits per heavy atom. The van der Waals surface area contributed by atoms with Crippen molar-refractivity contribution in [2.45, 2.75) is 6.61 Å². The van der Waals surface area contributed by atoms with Gasteiger partial charge >= 0.3 is 0 Å². The Bertz CT molecular complexity index is 1030. The predicted molar refractivity (Wildman–Crippen MR) is 101 cm³/mol. The fourth-order valence-electron chi connectivity index (χ4n) is 2.61. The molecule has 0 saturated carbocycles. The van der Waals surface area contributed by atoms with Crippen molar-refractivity contribution in [3.8, 4) is 22.4 Å². The molecular formula is C21H14N2OS. The number of aromatic nitrogens is 1. The van der Waals surface area contributed by atoms with E-state index in [0.717, 1.165) is 27.4 Å². The number of para-hydroxylation sites is 1. The number of nitrogens with zero attached hydrogens (tertiary/aromatic N) is 2. The lowest BCUT2D eigenvalue weighted by Crippen LogP contribution is -1.97. The van der Waals surface area contributed by atoms with Crippen molar-refractivity contribution >= 4 is 21.6 Å². The van der Waals surface area contributed by atoms with Gasteiger partial charge in [-0.05, 0) is 42.5 Å². The van der Waals surface area contributed by atoms with Crippen LogP contribution in [0.1, 0.15) is 11.1 Å². The van der Waals surface area contributed by atoms with Gasteiger partial charge in [-0.2, -0.15) is 5.26 Å². The van der Waals surface area contributed by atoms with Crippen LogP contribution in [-0.4, -0.2) is 4.98 Å². The lowest BCUT2D eigenvalue weighted by atomic mass is 10.1. The third-order valence-corrected chi connectivity index (χ3v) is 5.01. The number of rotatable bonds is 4. The summed E-state index contributed by atoms with van der Waals surface area (Å²) in [6, 6.07) is 25.7. The van der Waals surface area contributed by atoms with E-state index >= 15 is 0 Å². The maximum atomic E-state index is 9.13. The third kappa shape index (κ3) is 3.23. The van der Waals surface area contributed by atoms with E-state index in [-0.39, 0.29) is 0 Å². The van der Waals surface area contributed by atoms with Gasteiger partial charge in [-0.1, -0.05) is 30.3 Å². The van der Waals surface area contributed by atoms with E-state index in [1.165, 1.54) is 4.70 Å². The number of benzene rings is 3. The van der Waals surface area contributed by atoms with Gasteiger partial charge in [0.1, 0.15) is 17.4 Å². The fourth-order valence-corrected chi connectivity index (χ4v) is 3.58. The van der Waals surface area contributed by atoms with Crippen LogP contribution in [0.3, 0.4) is 0 Å². The van der Waals surface area contributed by atoms with E-state index in [2.05, 4.69) is 17.1 Å². The molecule has 4 aromatic rings. The molecule has 0 spiro atoms. The zero-order valence-electron chi connectivity index (χ0n) is 13.3. The van der Waals surface area contributed by atoms with Crippen molar-refractivity contribution in [1.82, 2.24) is 4.98 Å². The maximum absolute atomic E-state index is 9.13. The highest BCUT2D eigenvalue weighted by Gasteiger charge is 2.06. The minimum atomic E-state index is 0.379. The number of hydrogen-bond acceptors (Lipinski definition) is 4. The van der Waals surface area contributed by atoms with Crippen molar-refractivity contribution in [2.24, 2.45) is 0 Å². The molecule has 0 aliphatic carbocycles. The van der Waals surface area contributed by atoms with Crippen LogP contribution in [0, 0.1) is 11.3 Å². The summed E-state index contributed by atoms with van der Waals surface area (Å²) in [7, 11) is 0. The lowest BCUT2D eigenvalue weighted by Gasteiger charge is -2.08. The van der Waals surface area contributed by atoms with E-state index in [0.29, 0.717) is 12.2 Å². The molecule has 0 N–H and O–H groups in total. The van der Waals surface area contributed by atoms with Crippen molar-refractivity contribution in [1.29, 1.82) is 5.26 Å². The van der Waals surface area contributed by atoms with Gasteiger partial charge in [-0.15, -0.1) is 11.3 Å². The van der Waals surface area contributed by atoms with Gasteiger partial charge in [0.15, 0.2) is 0 Å². The molecule has 3 nitrogen and oxygen atoms in total. The first-order chi connectivity index (χ1) is 12.3. The summed E-state index contributed by atoms with van der Waals surface area (Å²) < 4.78 is 7.00. The van der Waals surface area contributed by atoms with Crippen LogP contribution in [0.4, 0.5) is 0 Å². The number of hydrogen-bond donors (Lipinski definition) is 0. The maximum Gasteiger partial charge on any atom is 0.124 e. The van der Waals surface area contributed by atoms with Crippen LogP contribution in [0.15, 0.2) is 72.8 Å². The van der Waals surface area contributed by atoms with Gasteiger partial charge in [0, 0.05) is 11.1 Å². The van der Waals surface area contributed by atoms with E-state index in [1.54, 1.807) is 17.4 Å². The molecule has 3 aromatic carbocycles. The molecule has 0 bridgehead atoms. The fraction of sp³-hybridized carbons (Fsp3) is 0.0476. The molecule has 0 unspecified atom stereocenters. The molecule has 1 aromatic heterocycles. The topological polar surface area (TPSA) is 45.9 Å².